The van der Waals surface area contributed by atoms with E-state index in [2.05, 4.69) is 31.8 Å². The first-order chi connectivity index (χ1) is 8.69. The molecule has 2 rings (SSSR count). The summed E-state index contributed by atoms with van der Waals surface area (Å²) >= 11 is 0. The third-order valence-corrected chi connectivity index (χ3v) is 2.84. The van der Waals surface area contributed by atoms with Gasteiger partial charge in [-0.1, -0.05) is 6.92 Å². The second kappa shape index (κ2) is 5.81. The quantitative estimate of drug-likeness (QED) is 0.807. The SMILES string of the molecule is CCCOc1nc(N)nc(N2CCN(C)CC2)n1. The molecule has 1 fully saturated rings. The summed E-state index contributed by atoms with van der Waals surface area (Å²) in [5.41, 5.74) is 5.69. The number of nitrogens with two attached hydrogens (primary N) is 1. The number of rotatable bonds is 4. The van der Waals surface area contributed by atoms with Crippen LogP contribution in [0.15, 0.2) is 0 Å². The highest BCUT2D eigenvalue weighted by Gasteiger charge is 2.18. The van der Waals surface area contributed by atoms with Crippen molar-refractivity contribution in [1.82, 2.24) is 19.9 Å². The van der Waals surface area contributed by atoms with Gasteiger partial charge in [-0.25, -0.2) is 0 Å². The Kier molecular flexibility index (Phi) is 4.14. The van der Waals surface area contributed by atoms with Crippen molar-refractivity contribution >= 4 is 11.9 Å². The van der Waals surface area contributed by atoms with E-state index in [0.717, 1.165) is 32.6 Å². The molecular formula is C11H20N6O. The standard InChI is InChI=1S/C11H20N6O/c1-3-8-18-11-14-9(12)13-10(15-11)17-6-4-16(2)5-7-17/h3-8H2,1-2H3,(H2,12,13,14,15). The predicted octanol–water partition coefficient (Wildman–Crippen LogP) is -0.00560. The van der Waals surface area contributed by atoms with Crippen LogP contribution in [0.4, 0.5) is 11.9 Å². The molecular weight excluding hydrogens is 232 g/mol. The van der Waals surface area contributed by atoms with Crippen molar-refractivity contribution in [2.75, 3.05) is 50.5 Å². The summed E-state index contributed by atoms with van der Waals surface area (Å²) in [6.45, 7) is 6.41. The van der Waals surface area contributed by atoms with Crippen molar-refractivity contribution in [3.05, 3.63) is 0 Å². The van der Waals surface area contributed by atoms with Crippen LogP contribution in [0.1, 0.15) is 13.3 Å². The van der Waals surface area contributed by atoms with Gasteiger partial charge in [-0.05, 0) is 13.5 Å². The highest BCUT2D eigenvalue weighted by Crippen LogP contribution is 2.15. The normalized spacial score (nSPS) is 16.9. The third kappa shape index (κ3) is 3.19. The van der Waals surface area contributed by atoms with E-state index in [1.165, 1.54) is 0 Å². The maximum atomic E-state index is 5.69. The van der Waals surface area contributed by atoms with Gasteiger partial charge in [-0.2, -0.15) is 15.0 Å². The Balaban J connectivity index is 2.09. The molecule has 7 nitrogen and oxygen atoms in total. The predicted molar refractivity (Wildman–Crippen MR) is 69.7 cm³/mol. The van der Waals surface area contributed by atoms with Gasteiger partial charge in [0.2, 0.25) is 11.9 Å². The first-order valence-electron chi connectivity index (χ1n) is 6.27. The van der Waals surface area contributed by atoms with E-state index in [1.807, 2.05) is 6.92 Å². The Hall–Kier alpha value is -1.63. The highest BCUT2D eigenvalue weighted by atomic mass is 16.5. The van der Waals surface area contributed by atoms with Crippen LogP contribution in [0.25, 0.3) is 0 Å². The summed E-state index contributed by atoms with van der Waals surface area (Å²) in [6, 6.07) is 0.318. The zero-order valence-electron chi connectivity index (χ0n) is 11.0. The molecule has 1 aliphatic rings. The van der Waals surface area contributed by atoms with Crippen LogP contribution in [-0.2, 0) is 0 Å². The van der Waals surface area contributed by atoms with Gasteiger partial charge in [0, 0.05) is 26.2 Å². The fourth-order valence-corrected chi connectivity index (χ4v) is 1.77. The fourth-order valence-electron chi connectivity index (χ4n) is 1.77. The Morgan fingerprint density at radius 2 is 1.89 bits per heavy atom. The van der Waals surface area contributed by atoms with Crippen LogP contribution in [0.3, 0.4) is 0 Å². The van der Waals surface area contributed by atoms with Crippen LogP contribution in [0.2, 0.25) is 0 Å². The van der Waals surface area contributed by atoms with E-state index in [-0.39, 0.29) is 5.95 Å². The summed E-state index contributed by atoms with van der Waals surface area (Å²) < 4.78 is 5.41. The average Bonchev–Trinajstić information content (AvgIpc) is 2.36. The number of hydrogen-bond acceptors (Lipinski definition) is 7. The molecule has 7 heteroatoms. The summed E-state index contributed by atoms with van der Waals surface area (Å²) in [6.07, 6.45) is 0.912. The van der Waals surface area contributed by atoms with Crippen molar-refractivity contribution < 1.29 is 4.74 Å². The summed E-state index contributed by atoms with van der Waals surface area (Å²) in [5.74, 6) is 0.826. The smallest absolute Gasteiger partial charge is 0.323 e. The van der Waals surface area contributed by atoms with Crippen LogP contribution in [0.5, 0.6) is 6.01 Å². The Bertz CT molecular complexity index is 391. The fraction of sp³-hybridized carbons (Fsp3) is 0.727. The van der Waals surface area contributed by atoms with Crippen LogP contribution >= 0.6 is 0 Å². The molecule has 2 N–H and O–H groups in total. The first kappa shape index (κ1) is 12.8. The Morgan fingerprint density at radius 1 is 1.17 bits per heavy atom. The molecule has 18 heavy (non-hydrogen) atoms. The molecule has 0 radical (unpaired) electrons. The van der Waals surface area contributed by atoms with E-state index >= 15 is 0 Å². The molecule has 0 aromatic carbocycles. The monoisotopic (exact) mass is 252 g/mol. The number of anilines is 2. The van der Waals surface area contributed by atoms with Crippen LogP contribution in [0, 0.1) is 0 Å². The van der Waals surface area contributed by atoms with E-state index in [4.69, 9.17) is 10.5 Å². The molecule has 0 unspecified atom stereocenters. The number of nitrogens with zero attached hydrogens (tertiary/aromatic N) is 5. The average molecular weight is 252 g/mol. The van der Waals surface area contributed by atoms with Gasteiger partial charge in [0.05, 0.1) is 6.61 Å². The molecule has 2 heterocycles. The number of aromatic nitrogens is 3. The van der Waals surface area contributed by atoms with E-state index < -0.39 is 0 Å². The molecule has 1 aromatic rings. The van der Waals surface area contributed by atoms with Gasteiger partial charge in [-0.15, -0.1) is 0 Å². The molecule has 1 aliphatic heterocycles. The van der Waals surface area contributed by atoms with Crippen molar-refractivity contribution in [3.8, 4) is 6.01 Å². The van der Waals surface area contributed by atoms with E-state index in [0.29, 0.717) is 18.6 Å². The van der Waals surface area contributed by atoms with Crippen LogP contribution < -0.4 is 15.4 Å². The Morgan fingerprint density at radius 3 is 2.56 bits per heavy atom. The lowest BCUT2D eigenvalue weighted by Gasteiger charge is -2.32. The van der Waals surface area contributed by atoms with Gasteiger partial charge in [-0.3, -0.25) is 0 Å². The maximum absolute atomic E-state index is 5.69. The number of likely N-dealkylation sites (N-methyl/N-ethyl adjacent to an activating group) is 1. The number of piperazine rings is 1. The lowest BCUT2D eigenvalue weighted by atomic mass is 10.3. The largest absolute Gasteiger partial charge is 0.463 e. The molecule has 0 aliphatic carbocycles. The highest BCUT2D eigenvalue weighted by molar-refractivity contribution is 5.36. The zero-order chi connectivity index (χ0) is 13.0. The van der Waals surface area contributed by atoms with Gasteiger partial charge in [0.25, 0.3) is 0 Å². The molecule has 0 amide bonds. The summed E-state index contributed by atoms with van der Waals surface area (Å²) in [5, 5.41) is 0. The summed E-state index contributed by atoms with van der Waals surface area (Å²) in [4.78, 5) is 16.8. The van der Waals surface area contributed by atoms with E-state index in [1.54, 1.807) is 0 Å². The lowest BCUT2D eigenvalue weighted by molar-refractivity contribution is 0.289. The van der Waals surface area contributed by atoms with Crippen molar-refractivity contribution in [1.29, 1.82) is 0 Å². The molecule has 1 saturated heterocycles. The molecule has 1 aromatic heterocycles. The van der Waals surface area contributed by atoms with Crippen molar-refractivity contribution in [2.24, 2.45) is 0 Å². The number of nitrogen functional groups attached to an aromatic ring is 1. The van der Waals surface area contributed by atoms with Crippen molar-refractivity contribution in [3.63, 3.8) is 0 Å². The molecule has 0 spiro atoms. The number of hydrogen-bond donors (Lipinski definition) is 1. The van der Waals surface area contributed by atoms with Gasteiger partial charge < -0.3 is 20.3 Å². The third-order valence-electron chi connectivity index (χ3n) is 2.84. The van der Waals surface area contributed by atoms with Gasteiger partial charge in [0.15, 0.2) is 0 Å². The minimum absolute atomic E-state index is 0.213. The first-order valence-corrected chi connectivity index (χ1v) is 6.27. The molecule has 100 valence electrons. The summed E-state index contributed by atoms with van der Waals surface area (Å²) in [7, 11) is 2.11. The molecule has 0 saturated carbocycles. The minimum atomic E-state index is 0.213. The minimum Gasteiger partial charge on any atom is -0.463 e. The van der Waals surface area contributed by atoms with Crippen LogP contribution in [-0.4, -0.2) is 59.7 Å². The van der Waals surface area contributed by atoms with Gasteiger partial charge in [0.1, 0.15) is 0 Å². The Labute approximate surface area is 107 Å². The second-order valence-corrected chi connectivity index (χ2v) is 4.41. The molecule has 0 atom stereocenters. The maximum Gasteiger partial charge on any atom is 0.323 e. The zero-order valence-corrected chi connectivity index (χ0v) is 11.0. The number of ether oxygens (including phenoxy) is 1. The van der Waals surface area contributed by atoms with Crippen molar-refractivity contribution in [2.45, 2.75) is 13.3 Å². The lowest BCUT2D eigenvalue weighted by Crippen LogP contribution is -2.45. The second-order valence-electron chi connectivity index (χ2n) is 4.41. The van der Waals surface area contributed by atoms with Gasteiger partial charge >= 0.3 is 6.01 Å². The topological polar surface area (TPSA) is 80.4 Å². The van der Waals surface area contributed by atoms with E-state index in [9.17, 15) is 0 Å². The molecule has 0 bridgehead atoms.